The summed E-state index contributed by atoms with van der Waals surface area (Å²) in [6.45, 7) is 0.416. The van der Waals surface area contributed by atoms with Gasteiger partial charge in [0.2, 0.25) is 0 Å². The molecule has 70 valence electrons. The first-order valence-corrected chi connectivity index (χ1v) is 4.08. The Balaban J connectivity index is 2.54. The van der Waals surface area contributed by atoms with Gasteiger partial charge in [-0.05, 0) is 18.1 Å². The van der Waals surface area contributed by atoms with Crippen LogP contribution in [0.15, 0.2) is 18.3 Å². The van der Waals surface area contributed by atoms with Crippen molar-refractivity contribution in [3.05, 3.63) is 29.6 Å². The van der Waals surface area contributed by atoms with Gasteiger partial charge >= 0.3 is 5.97 Å². The number of carboxylic acids is 1. The molecule has 0 saturated heterocycles. The summed E-state index contributed by atoms with van der Waals surface area (Å²) in [5.41, 5.74) is 7.11. The summed E-state index contributed by atoms with van der Waals surface area (Å²) in [5.74, 6) is -0.789. The Morgan fingerprint density at radius 2 is 2.31 bits per heavy atom. The fraction of sp³-hybridized carbons (Fsp3) is 0.333. The van der Waals surface area contributed by atoms with Crippen LogP contribution >= 0.6 is 0 Å². The minimum absolute atomic E-state index is 0.143. The molecule has 0 atom stereocenters. The van der Waals surface area contributed by atoms with Gasteiger partial charge in [0, 0.05) is 19.2 Å². The maximum Gasteiger partial charge on any atom is 0.303 e. The van der Waals surface area contributed by atoms with Crippen molar-refractivity contribution < 1.29 is 9.90 Å². The van der Waals surface area contributed by atoms with Crippen LogP contribution in [0, 0.1) is 0 Å². The highest BCUT2D eigenvalue weighted by atomic mass is 16.4. The monoisotopic (exact) mass is 180 g/mol. The van der Waals surface area contributed by atoms with E-state index in [2.05, 4.69) is 4.98 Å². The van der Waals surface area contributed by atoms with Crippen molar-refractivity contribution in [2.24, 2.45) is 5.73 Å². The van der Waals surface area contributed by atoms with Gasteiger partial charge in [0.25, 0.3) is 0 Å². The SMILES string of the molecule is NCc1ccc(CCC(=O)O)cn1. The molecule has 4 heteroatoms. The van der Waals surface area contributed by atoms with E-state index in [-0.39, 0.29) is 6.42 Å². The van der Waals surface area contributed by atoms with Crippen LogP contribution in [-0.2, 0) is 17.8 Å². The lowest BCUT2D eigenvalue weighted by Gasteiger charge is -1.99. The summed E-state index contributed by atoms with van der Waals surface area (Å²) in [6, 6.07) is 3.68. The molecular weight excluding hydrogens is 168 g/mol. The van der Waals surface area contributed by atoms with E-state index in [0.29, 0.717) is 13.0 Å². The molecule has 0 fully saturated rings. The highest BCUT2D eigenvalue weighted by Gasteiger charge is 1.99. The van der Waals surface area contributed by atoms with Crippen molar-refractivity contribution in [2.75, 3.05) is 0 Å². The van der Waals surface area contributed by atoms with Gasteiger partial charge < -0.3 is 10.8 Å². The minimum atomic E-state index is -0.789. The second-order valence-corrected chi connectivity index (χ2v) is 2.76. The molecule has 0 radical (unpaired) electrons. The van der Waals surface area contributed by atoms with Crippen molar-refractivity contribution in [3.8, 4) is 0 Å². The summed E-state index contributed by atoms with van der Waals surface area (Å²) in [7, 11) is 0. The molecule has 1 aromatic rings. The Morgan fingerprint density at radius 3 is 2.77 bits per heavy atom. The number of carbonyl (C=O) groups is 1. The molecule has 0 saturated carbocycles. The van der Waals surface area contributed by atoms with Gasteiger partial charge in [-0.3, -0.25) is 9.78 Å². The lowest BCUT2D eigenvalue weighted by atomic mass is 10.1. The van der Waals surface area contributed by atoms with E-state index in [1.165, 1.54) is 0 Å². The second kappa shape index (κ2) is 4.57. The maximum atomic E-state index is 10.3. The number of nitrogens with two attached hydrogens (primary N) is 1. The third kappa shape index (κ3) is 3.21. The number of hydrogen-bond acceptors (Lipinski definition) is 3. The normalized spacial score (nSPS) is 9.92. The summed E-state index contributed by atoms with van der Waals surface area (Å²) < 4.78 is 0. The molecule has 1 heterocycles. The van der Waals surface area contributed by atoms with Crippen LogP contribution < -0.4 is 5.73 Å². The van der Waals surface area contributed by atoms with Gasteiger partial charge in [0.15, 0.2) is 0 Å². The predicted molar refractivity (Wildman–Crippen MR) is 48.1 cm³/mol. The zero-order valence-electron chi connectivity index (χ0n) is 7.23. The first kappa shape index (κ1) is 9.67. The number of carboxylic acid groups (broad SMARTS) is 1. The molecule has 0 aliphatic rings. The number of aliphatic carboxylic acids is 1. The van der Waals surface area contributed by atoms with Crippen LogP contribution in [-0.4, -0.2) is 16.1 Å². The lowest BCUT2D eigenvalue weighted by Crippen LogP contribution is -2.01. The van der Waals surface area contributed by atoms with Crippen molar-refractivity contribution in [3.63, 3.8) is 0 Å². The van der Waals surface area contributed by atoms with E-state index in [0.717, 1.165) is 11.3 Å². The van der Waals surface area contributed by atoms with E-state index >= 15 is 0 Å². The number of hydrogen-bond donors (Lipinski definition) is 2. The summed E-state index contributed by atoms with van der Waals surface area (Å²) >= 11 is 0. The minimum Gasteiger partial charge on any atom is -0.481 e. The number of aryl methyl sites for hydroxylation is 1. The van der Waals surface area contributed by atoms with Gasteiger partial charge in [-0.15, -0.1) is 0 Å². The number of pyridine rings is 1. The average molecular weight is 180 g/mol. The van der Waals surface area contributed by atoms with Crippen LogP contribution in [0.5, 0.6) is 0 Å². The molecule has 4 nitrogen and oxygen atoms in total. The molecule has 0 aliphatic heterocycles. The average Bonchev–Trinajstić information content (AvgIpc) is 2.15. The Bertz CT molecular complexity index is 282. The van der Waals surface area contributed by atoms with E-state index in [4.69, 9.17) is 10.8 Å². The van der Waals surface area contributed by atoms with Crippen LogP contribution in [0.3, 0.4) is 0 Å². The smallest absolute Gasteiger partial charge is 0.303 e. The lowest BCUT2D eigenvalue weighted by molar-refractivity contribution is -0.136. The fourth-order valence-electron chi connectivity index (χ4n) is 0.975. The van der Waals surface area contributed by atoms with E-state index < -0.39 is 5.97 Å². The first-order valence-electron chi connectivity index (χ1n) is 4.08. The van der Waals surface area contributed by atoms with E-state index in [1.54, 1.807) is 6.20 Å². The molecule has 0 spiro atoms. The maximum absolute atomic E-state index is 10.3. The third-order valence-electron chi connectivity index (χ3n) is 1.72. The van der Waals surface area contributed by atoms with E-state index in [9.17, 15) is 4.79 Å². The van der Waals surface area contributed by atoms with E-state index in [1.807, 2.05) is 12.1 Å². The molecule has 13 heavy (non-hydrogen) atoms. The molecule has 3 N–H and O–H groups in total. The molecule has 0 aromatic carbocycles. The molecule has 0 unspecified atom stereocenters. The molecular formula is C9H12N2O2. The van der Waals surface area contributed by atoms with Crippen molar-refractivity contribution in [2.45, 2.75) is 19.4 Å². The van der Waals surface area contributed by atoms with Crippen LogP contribution in [0.4, 0.5) is 0 Å². The largest absolute Gasteiger partial charge is 0.481 e. The topological polar surface area (TPSA) is 76.2 Å². The molecule has 1 rings (SSSR count). The summed E-state index contributed by atoms with van der Waals surface area (Å²) in [6.07, 6.45) is 2.34. The molecule has 0 amide bonds. The van der Waals surface area contributed by atoms with Crippen molar-refractivity contribution >= 4 is 5.97 Å². The molecule has 0 aliphatic carbocycles. The van der Waals surface area contributed by atoms with Crippen molar-refractivity contribution in [1.29, 1.82) is 0 Å². The Hall–Kier alpha value is -1.42. The van der Waals surface area contributed by atoms with Gasteiger partial charge in [-0.2, -0.15) is 0 Å². The molecule has 1 aromatic heterocycles. The number of nitrogens with zero attached hydrogens (tertiary/aromatic N) is 1. The Kier molecular flexibility index (Phi) is 3.40. The van der Waals surface area contributed by atoms with Gasteiger partial charge in [-0.25, -0.2) is 0 Å². The van der Waals surface area contributed by atoms with Gasteiger partial charge in [0.05, 0.1) is 5.69 Å². The quantitative estimate of drug-likeness (QED) is 0.709. The number of rotatable bonds is 4. The first-order chi connectivity index (χ1) is 6.22. The zero-order chi connectivity index (χ0) is 9.68. The van der Waals surface area contributed by atoms with Crippen LogP contribution in [0.25, 0.3) is 0 Å². The highest BCUT2D eigenvalue weighted by Crippen LogP contribution is 2.02. The zero-order valence-corrected chi connectivity index (χ0v) is 7.23. The third-order valence-corrected chi connectivity index (χ3v) is 1.72. The second-order valence-electron chi connectivity index (χ2n) is 2.76. The summed E-state index contributed by atoms with van der Waals surface area (Å²) in [4.78, 5) is 14.3. The summed E-state index contributed by atoms with van der Waals surface area (Å²) in [5, 5.41) is 8.44. The predicted octanol–water partition coefficient (Wildman–Crippen LogP) is 0.557. The van der Waals surface area contributed by atoms with Gasteiger partial charge in [-0.1, -0.05) is 6.07 Å². The standard InChI is InChI=1S/C9H12N2O2/c10-5-8-3-1-7(6-11-8)2-4-9(12)13/h1,3,6H,2,4-5,10H2,(H,12,13). The number of aromatic nitrogens is 1. The van der Waals surface area contributed by atoms with Gasteiger partial charge in [0.1, 0.15) is 0 Å². The van der Waals surface area contributed by atoms with Crippen molar-refractivity contribution in [1.82, 2.24) is 4.98 Å². The van der Waals surface area contributed by atoms with Crippen LogP contribution in [0.2, 0.25) is 0 Å². The van der Waals surface area contributed by atoms with Crippen LogP contribution in [0.1, 0.15) is 17.7 Å². The molecule has 0 bridgehead atoms. The Labute approximate surface area is 76.4 Å². The highest BCUT2D eigenvalue weighted by molar-refractivity contribution is 5.67. The Morgan fingerprint density at radius 1 is 1.54 bits per heavy atom. The fourth-order valence-corrected chi connectivity index (χ4v) is 0.975.